The van der Waals surface area contributed by atoms with Crippen LogP contribution in [0, 0.1) is 25.2 Å². The van der Waals surface area contributed by atoms with Gasteiger partial charge in [-0.05, 0) is 49.6 Å². The van der Waals surface area contributed by atoms with Crippen molar-refractivity contribution >= 4 is 11.6 Å². The Balaban J connectivity index is 0.00000126. The summed E-state index contributed by atoms with van der Waals surface area (Å²) in [6.45, 7) is 10.3. The first kappa shape index (κ1) is 20.7. The first-order valence-corrected chi connectivity index (χ1v) is 9.74. The molecule has 0 radical (unpaired) electrons. The number of halogens is 1. The minimum absolute atomic E-state index is 0.448. The van der Waals surface area contributed by atoms with Gasteiger partial charge in [0.05, 0.1) is 22.0 Å². The summed E-state index contributed by atoms with van der Waals surface area (Å²) in [6.07, 6.45) is 1.90. The summed E-state index contributed by atoms with van der Waals surface area (Å²) in [6, 6.07) is 16.2. The third kappa shape index (κ3) is 4.59. The second kappa shape index (κ2) is 9.39. The van der Waals surface area contributed by atoms with E-state index in [1.165, 1.54) is 16.7 Å². The number of nitrogens with zero attached hydrogens (tertiary/aromatic N) is 3. The summed E-state index contributed by atoms with van der Waals surface area (Å²) in [5, 5.41) is 14.2. The van der Waals surface area contributed by atoms with Crippen molar-refractivity contribution < 1.29 is 0 Å². The van der Waals surface area contributed by atoms with Gasteiger partial charge >= 0.3 is 0 Å². The van der Waals surface area contributed by atoms with Crippen molar-refractivity contribution in [2.45, 2.75) is 47.5 Å². The predicted octanol–water partition coefficient (Wildman–Crippen LogP) is 6.19. The van der Waals surface area contributed by atoms with Crippen LogP contribution >= 0.6 is 11.6 Å². The summed E-state index contributed by atoms with van der Waals surface area (Å²) >= 11 is 6.17. The van der Waals surface area contributed by atoms with E-state index in [-0.39, 0.29) is 0 Å². The zero-order valence-corrected chi connectivity index (χ0v) is 17.4. The lowest BCUT2D eigenvalue weighted by molar-refractivity contribution is 0.832. The highest BCUT2D eigenvalue weighted by Crippen LogP contribution is 2.24. The number of nitriles is 1. The molecular formula is C23H26ClN3. The maximum Gasteiger partial charge on any atom is 0.101 e. The molecule has 27 heavy (non-hydrogen) atoms. The minimum atomic E-state index is 0.448. The van der Waals surface area contributed by atoms with E-state index in [1.54, 1.807) is 12.1 Å². The monoisotopic (exact) mass is 379 g/mol. The Hall–Kier alpha value is -2.57. The topological polar surface area (TPSA) is 41.6 Å². The fraction of sp³-hybridized carbons (Fsp3) is 0.304. The van der Waals surface area contributed by atoms with Gasteiger partial charge in [0.15, 0.2) is 0 Å². The van der Waals surface area contributed by atoms with E-state index in [9.17, 15) is 0 Å². The van der Waals surface area contributed by atoms with E-state index >= 15 is 0 Å². The van der Waals surface area contributed by atoms with Crippen LogP contribution < -0.4 is 0 Å². The highest BCUT2D eigenvalue weighted by Gasteiger charge is 2.14. The third-order valence-corrected chi connectivity index (χ3v) is 4.88. The molecule has 0 spiro atoms. The molecule has 0 atom stereocenters. The molecule has 0 bridgehead atoms. The lowest BCUT2D eigenvalue weighted by atomic mass is 10.0. The van der Waals surface area contributed by atoms with Crippen molar-refractivity contribution in [1.29, 1.82) is 5.26 Å². The Morgan fingerprint density at radius 2 is 1.67 bits per heavy atom. The van der Waals surface area contributed by atoms with Gasteiger partial charge in [0, 0.05) is 17.7 Å². The molecule has 4 heteroatoms. The number of aromatic nitrogens is 2. The average Bonchev–Trinajstić information content (AvgIpc) is 2.98. The molecule has 0 amide bonds. The van der Waals surface area contributed by atoms with Gasteiger partial charge in [-0.1, -0.05) is 56.6 Å². The molecule has 0 fully saturated rings. The standard InChI is InChI=1S/C21H20ClN3.C2H6/c1-4-16-5-7-17(8-6-16)11-20-14(2)24-25(15(20)3)19-10-9-18(13-23)21(22)12-19;1-2/h5-10,12H,4,11H2,1-3H3;1-2H3. The first-order chi connectivity index (χ1) is 13.0. The summed E-state index contributed by atoms with van der Waals surface area (Å²) < 4.78 is 1.90. The van der Waals surface area contributed by atoms with Gasteiger partial charge in [0.2, 0.25) is 0 Å². The van der Waals surface area contributed by atoms with Crippen LogP contribution in [0.4, 0.5) is 0 Å². The zero-order valence-electron chi connectivity index (χ0n) is 16.7. The van der Waals surface area contributed by atoms with E-state index in [0.29, 0.717) is 10.6 Å². The molecule has 140 valence electrons. The molecule has 0 saturated heterocycles. The van der Waals surface area contributed by atoms with Crippen LogP contribution in [0.3, 0.4) is 0 Å². The summed E-state index contributed by atoms with van der Waals surface area (Å²) in [5.41, 5.74) is 7.31. The molecule has 2 aromatic carbocycles. The molecule has 1 aromatic heterocycles. The lowest BCUT2D eigenvalue weighted by Crippen LogP contribution is -2.00. The van der Waals surface area contributed by atoms with Crippen LogP contribution in [-0.4, -0.2) is 9.78 Å². The largest absolute Gasteiger partial charge is 0.238 e. The molecule has 0 aliphatic rings. The van der Waals surface area contributed by atoms with E-state index in [0.717, 1.165) is 29.9 Å². The molecule has 1 heterocycles. The van der Waals surface area contributed by atoms with E-state index in [4.69, 9.17) is 16.9 Å². The maximum absolute atomic E-state index is 9.03. The summed E-state index contributed by atoms with van der Waals surface area (Å²) in [4.78, 5) is 0. The second-order valence-electron chi connectivity index (χ2n) is 6.18. The van der Waals surface area contributed by atoms with Gasteiger partial charge in [0.25, 0.3) is 0 Å². The SMILES string of the molecule is CC.CCc1ccc(Cc2c(C)nn(-c3ccc(C#N)c(Cl)c3)c2C)cc1. The predicted molar refractivity (Wildman–Crippen MR) is 113 cm³/mol. The smallest absolute Gasteiger partial charge is 0.101 e. The Kier molecular flexibility index (Phi) is 7.21. The van der Waals surface area contributed by atoms with Crippen LogP contribution in [0.25, 0.3) is 5.69 Å². The average molecular weight is 380 g/mol. The number of hydrogen-bond acceptors (Lipinski definition) is 2. The van der Waals surface area contributed by atoms with Crippen molar-refractivity contribution in [2.75, 3.05) is 0 Å². The van der Waals surface area contributed by atoms with Gasteiger partial charge in [-0.25, -0.2) is 4.68 Å². The molecule has 0 aliphatic heterocycles. The van der Waals surface area contributed by atoms with Gasteiger partial charge < -0.3 is 0 Å². The highest BCUT2D eigenvalue weighted by atomic mass is 35.5. The van der Waals surface area contributed by atoms with Gasteiger partial charge in [-0.15, -0.1) is 0 Å². The molecular weight excluding hydrogens is 354 g/mol. The van der Waals surface area contributed by atoms with Crippen LogP contribution in [0.5, 0.6) is 0 Å². The highest BCUT2D eigenvalue weighted by molar-refractivity contribution is 6.31. The quantitative estimate of drug-likeness (QED) is 0.542. The normalized spacial score (nSPS) is 10.1. The van der Waals surface area contributed by atoms with E-state index < -0.39 is 0 Å². The molecule has 0 saturated carbocycles. The van der Waals surface area contributed by atoms with Crippen LogP contribution in [0.15, 0.2) is 42.5 Å². The zero-order chi connectivity index (χ0) is 20.0. The maximum atomic E-state index is 9.03. The fourth-order valence-electron chi connectivity index (χ4n) is 3.01. The molecule has 0 N–H and O–H groups in total. The first-order valence-electron chi connectivity index (χ1n) is 9.36. The van der Waals surface area contributed by atoms with Gasteiger partial charge in [0.1, 0.15) is 6.07 Å². The number of hydrogen-bond donors (Lipinski definition) is 0. The second-order valence-corrected chi connectivity index (χ2v) is 6.59. The Morgan fingerprint density at radius 3 is 2.22 bits per heavy atom. The lowest BCUT2D eigenvalue weighted by Gasteiger charge is -2.07. The number of aryl methyl sites for hydroxylation is 2. The van der Waals surface area contributed by atoms with Crippen molar-refractivity contribution in [3.63, 3.8) is 0 Å². The van der Waals surface area contributed by atoms with Crippen LogP contribution in [0.2, 0.25) is 5.02 Å². The van der Waals surface area contributed by atoms with Crippen molar-refractivity contribution in [2.24, 2.45) is 0 Å². The molecule has 3 nitrogen and oxygen atoms in total. The third-order valence-electron chi connectivity index (χ3n) is 4.57. The minimum Gasteiger partial charge on any atom is -0.238 e. The van der Waals surface area contributed by atoms with Gasteiger partial charge in [-0.2, -0.15) is 10.4 Å². The van der Waals surface area contributed by atoms with Crippen molar-refractivity contribution in [1.82, 2.24) is 9.78 Å². The molecule has 0 unspecified atom stereocenters. The number of benzene rings is 2. The molecule has 3 rings (SSSR count). The van der Waals surface area contributed by atoms with Gasteiger partial charge in [-0.3, -0.25) is 0 Å². The Bertz CT molecular complexity index is 947. The fourth-order valence-corrected chi connectivity index (χ4v) is 3.22. The van der Waals surface area contributed by atoms with E-state index in [2.05, 4.69) is 49.3 Å². The summed E-state index contributed by atoms with van der Waals surface area (Å²) in [5.74, 6) is 0. The van der Waals surface area contributed by atoms with Crippen LogP contribution in [-0.2, 0) is 12.8 Å². The summed E-state index contributed by atoms with van der Waals surface area (Å²) in [7, 11) is 0. The van der Waals surface area contributed by atoms with Crippen molar-refractivity contribution in [3.05, 3.63) is 81.1 Å². The molecule has 0 aliphatic carbocycles. The Labute approximate surface area is 167 Å². The molecule has 3 aromatic rings. The Morgan fingerprint density at radius 1 is 1.04 bits per heavy atom. The number of rotatable bonds is 4. The van der Waals surface area contributed by atoms with Crippen molar-refractivity contribution in [3.8, 4) is 11.8 Å². The van der Waals surface area contributed by atoms with E-state index in [1.807, 2.05) is 31.5 Å². The van der Waals surface area contributed by atoms with Crippen LogP contribution in [0.1, 0.15) is 54.4 Å².